The molecule has 0 amide bonds. The second-order valence-corrected chi connectivity index (χ2v) is 3.79. The first-order chi connectivity index (χ1) is 8.49. The average molecular weight is 262 g/mol. The number of rotatable bonds is 9. The molecule has 0 aromatic rings. The third-order valence-corrected chi connectivity index (χ3v) is 2.27. The van der Waals surface area contributed by atoms with Crippen LogP contribution in [0.4, 0.5) is 0 Å². The lowest BCUT2D eigenvalue weighted by Crippen LogP contribution is -2.17. The van der Waals surface area contributed by atoms with Gasteiger partial charge in [0.1, 0.15) is 0 Å². The van der Waals surface area contributed by atoms with Crippen LogP contribution in [0.25, 0.3) is 0 Å². The maximum atomic E-state index is 11.2. The molecule has 0 heterocycles. The molecule has 0 N–H and O–H groups in total. The first-order valence-electron chi connectivity index (χ1n) is 5.94. The van der Waals surface area contributed by atoms with Crippen LogP contribution in [0.5, 0.6) is 0 Å². The van der Waals surface area contributed by atoms with Gasteiger partial charge in [0, 0.05) is 27.1 Å². The van der Waals surface area contributed by atoms with Crippen molar-refractivity contribution in [2.45, 2.75) is 52.1 Å². The highest BCUT2D eigenvalue weighted by molar-refractivity contribution is 5.70. The molecule has 0 aliphatic heterocycles. The van der Waals surface area contributed by atoms with Crippen molar-refractivity contribution in [1.82, 2.24) is 0 Å². The van der Waals surface area contributed by atoms with E-state index < -0.39 is 12.6 Å². The number of carbonyl (C=O) groups is 2. The Morgan fingerprint density at radius 2 is 1.17 bits per heavy atom. The van der Waals surface area contributed by atoms with Crippen LogP contribution < -0.4 is 0 Å². The van der Waals surface area contributed by atoms with Gasteiger partial charge in [-0.25, -0.2) is 0 Å². The molecule has 0 rings (SSSR count). The molecule has 0 aromatic heterocycles. The summed E-state index contributed by atoms with van der Waals surface area (Å²) in [4.78, 5) is 22.5. The van der Waals surface area contributed by atoms with Crippen molar-refractivity contribution in [2.75, 3.05) is 14.2 Å². The molecule has 0 aliphatic carbocycles. The summed E-state index contributed by atoms with van der Waals surface area (Å²) in [5.74, 6) is -0.661. The molecule has 6 nitrogen and oxygen atoms in total. The summed E-state index contributed by atoms with van der Waals surface area (Å²) in [6.45, 7) is 3.28. The van der Waals surface area contributed by atoms with Crippen LogP contribution in [0, 0.1) is 0 Å². The molecule has 0 radical (unpaired) electrons. The van der Waals surface area contributed by atoms with E-state index in [9.17, 15) is 9.59 Å². The molecule has 0 saturated carbocycles. The fourth-order valence-corrected chi connectivity index (χ4v) is 1.12. The lowest BCUT2D eigenvalue weighted by Gasteiger charge is -2.11. The SMILES string of the molecule is COC(C)OC(=O)CCCCC(=O)OC(C)OC. The van der Waals surface area contributed by atoms with Crippen LogP contribution in [0.1, 0.15) is 39.5 Å². The molecule has 0 aromatic carbocycles. The van der Waals surface area contributed by atoms with Gasteiger partial charge >= 0.3 is 11.9 Å². The van der Waals surface area contributed by atoms with Crippen molar-refractivity contribution >= 4 is 11.9 Å². The lowest BCUT2D eigenvalue weighted by atomic mass is 10.2. The highest BCUT2D eigenvalue weighted by Crippen LogP contribution is 2.05. The quantitative estimate of drug-likeness (QED) is 0.357. The van der Waals surface area contributed by atoms with Crippen molar-refractivity contribution in [2.24, 2.45) is 0 Å². The Balaban J connectivity index is 3.55. The number of unbranched alkanes of at least 4 members (excludes halogenated alkanes) is 1. The second-order valence-electron chi connectivity index (χ2n) is 3.79. The van der Waals surface area contributed by atoms with Crippen LogP contribution in [-0.4, -0.2) is 38.7 Å². The van der Waals surface area contributed by atoms with E-state index in [2.05, 4.69) is 0 Å². The minimum absolute atomic E-state index is 0.265. The molecule has 0 spiro atoms. The van der Waals surface area contributed by atoms with E-state index in [1.165, 1.54) is 14.2 Å². The number of carbonyl (C=O) groups excluding carboxylic acids is 2. The molecular weight excluding hydrogens is 240 g/mol. The van der Waals surface area contributed by atoms with Crippen LogP contribution in [-0.2, 0) is 28.5 Å². The number of esters is 2. The molecule has 18 heavy (non-hydrogen) atoms. The van der Waals surface area contributed by atoms with E-state index in [0.29, 0.717) is 12.8 Å². The van der Waals surface area contributed by atoms with Gasteiger partial charge in [-0.1, -0.05) is 0 Å². The Labute approximate surface area is 108 Å². The molecule has 0 fully saturated rings. The summed E-state index contributed by atoms with van der Waals surface area (Å²) in [7, 11) is 2.93. The van der Waals surface area contributed by atoms with Crippen molar-refractivity contribution in [3.63, 3.8) is 0 Å². The Morgan fingerprint density at radius 1 is 0.833 bits per heavy atom. The largest absolute Gasteiger partial charge is 0.436 e. The van der Waals surface area contributed by atoms with Crippen molar-refractivity contribution < 1.29 is 28.5 Å². The van der Waals surface area contributed by atoms with Crippen molar-refractivity contribution in [3.8, 4) is 0 Å². The minimum atomic E-state index is -0.537. The predicted molar refractivity (Wildman–Crippen MR) is 63.6 cm³/mol. The summed E-state index contributed by atoms with van der Waals surface area (Å²) in [6, 6.07) is 0. The number of ether oxygens (including phenoxy) is 4. The van der Waals surface area contributed by atoms with E-state index in [1.54, 1.807) is 13.8 Å². The van der Waals surface area contributed by atoms with Gasteiger partial charge in [-0.2, -0.15) is 0 Å². The zero-order valence-electron chi connectivity index (χ0n) is 11.4. The standard InChI is InChI=1S/C12H22O6/c1-9(15-3)17-11(13)7-5-6-8-12(14)18-10(2)16-4/h9-10H,5-8H2,1-4H3. The topological polar surface area (TPSA) is 71.1 Å². The first kappa shape index (κ1) is 16.9. The monoisotopic (exact) mass is 262 g/mol. The van der Waals surface area contributed by atoms with E-state index in [4.69, 9.17) is 18.9 Å². The Hall–Kier alpha value is -1.14. The summed E-state index contributed by atoms with van der Waals surface area (Å²) < 4.78 is 19.4. The number of methoxy groups -OCH3 is 2. The molecule has 0 saturated heterocycles. The van der Waals surface area contributed by atoms with Crippen molar-refractivity contribution in [1.29, 1.82) is 0 Å². The fourth-order valence-electron chi connectivity index (χ4n) is 1.12. The number of hydrogen-bond acceptors (Lipinski definition) is 6. The molecule has 6 heteroatoms. The van der Waals surface area contributed by atoms with Gasteiger partial charge in [0.15, 0.2) is 12.6 Å². The minimum Gasteiger partial charge on any atom is -0.436 e. The maximum absolute atomic E-state index is 11.2. The van der Waals surface area contributed by atoms with Crippen LogP contribution in [0.15, 0.2) is 0 Å². The highest BCUT2D eigenvalue weighted by Gasteiger charge is 2.10. The van der Waals surface area contributed by atoms with E-state index in [-0.39, 0.29) is 24.8 Å². The van der Waals surface area contributed by atoms with Gasteiger partial charge in [0.05, 0.1) is 0 Å². The first-order valence-corrected chi connectivity index (χ1v) is 5.94. The van der Waals surface area contributed by atoms with Gasteiger partial charge < -0.3 is 18.9 Å². The molecular formula is C12H22O6. The van der Waals surface area contributed by atoms with Crippen LogP contribution >= 0.6 is 0 Å². The molecule has 106 valence electrons. The third kappa shape index (κ3) is 8.95. The maximum Gasteiger partial charge on any atom is 0.308 e. The van der Waals surface area contributed by atoms with Gasteiger partial charge in [0.25, 0.3) is 0 Å². The van der Waals surface area contributed by atoms with E-state index >= 15 is 0 Å². The molecule has 0 aliphatic rings. The fraction of sp³-hybridized carbons (Fsp3) is 0.833. The van der Waals surface area contributed by atoms with Crippen molar-refractivity contribution in [3.05, 3.63) is 0 Å². The Morgan fingerprint density at radius 3 is 1.44 bits per heavy atom. The molecule has 0 bridgehead atoms. The number of hydrogen-bond donors (Lipinski definition) is 0. The molecule has 2 unspecified atom stereocenters. The highest BCUT2D eigenvalue weighted by atomic mass is 16.7. The predicted octanol–water partition coefficient (Wildman–Crippen LogP) is 1.62. The summed E-state index contributed by atoms with van der Waals surface area (Å²) >= 11 is 0. The van der Waals surface area contributed by atoms with Gasteiger partial charge in [-0.3, -0.25) is 9.59 Å². The van der Waals surface area contributed by atoms with Gasteiger partial charge in [-0.05, 0) is 26.7 Å². The lowest BCUT2D eigenvalue weighted by molar-refractivity contribution is -0.172. The average Bonchev–Trinajstić information content (AvgIpc) is 2.34. The summed E-state index contributed by atoms with van der Waals surface area (Å²) in [6.07, 6.45) is 0.606. The summed E-state index contributed by atoms with van der Waals surface area (Å²) in [5, 5.41) is 0. The van der Waals surface area contributed by atoms with Gasteiger partial charge in [0.2, 0.25) is 0 Å². The summed E-state index contributed by atoms with van der Waals surface area (Å²) in [5.41, 5.74) is 0. The van der Waals surface area contributed by atoms with Crippen LogP contribution in [0.2, 0.25) is 0 Å². The zero-order valence-corrected chi connectivity index (χ0v) is 11.4. The normalized spacial score (nSPS) is 13.8. The third-order valence-electron chi connectivity index (χ3n) is 2.27. The zero-order chi connectivity index (χ0) is 14.0. The Bertz CT molecular complexity index is 227. The van der Waals surface area contributed by atoms with Gasteiger partial charge in [-0.15, -0.1) is 0 Å². The van der Waals surface area contributed by atoms with Crippen LogP contribution in [0.3, 0.4) is 0 Å². The smallest absolute Gasteiger partial charge is 0.308 e. The van der Waals surface area contributed by atoms with E-state index in [0.717, 1.165) is 0 Å². The van der Waals surface area contributed by atoms with E-state index in [1.807, 2.05) is 0 Å². The second kappa shape index (κ2) is 9.85. The molecule has 2 atom stereocenters. The Kier molecular flexibility index (Phi) is 9.22.